The summed E-state index contributed by atoms with van der Waals surface area (Å²) in [5.41, 5.74) is 0. The summed E-state index contributed by atoms with van der Waals surface area (Å²) in [6.45, 7) is 6.51. The Labute approximate surface area is 113 Å². The van der Waals surface area contributed by atoms with Crippen LogP contribution in [0.15, 0.2) is 17.5 Å². The number of rotatable bonds is 3. The molecule has 0 spiro atoms. The van der Waals surface area contributed by atoms with Gasteiger partial charge in [-0.1, -0.05) is 6.07 Å². The first-order valence-corrected chi connectivity index (χ1v) is 7.89. The Balaban J connectivity index is 1.78. The quantitative estimate of drug-likeness (QED) is 0.907. The zero-order valence-corrected chi connectivity index (χ0v) is 11.6. The largest absolute Gasteiger partial charge is 0.381 e. The lowest BCUT2D eigenvalue weighted by Crippen LogP contribution is -2.47. The minimum atomic E-state index is 0.621. The summed E-state index contributed by atoms with van der Waals surface area (Å²) in [5, 5.41) is 5.67. The first-order valence-electron chi connectivity index (χ1n) is 7.01. The highest BCUT2D eigenvalue weighted by atomic mass is 32.1. The molecule has 0 aromatic carbocycles. The standard InChI is InChI=1S/C14H22N2OS/c1-2-13(18-11-1)14(12-3-9-17-10-4-12)16-7-5-15-6-8-16/h1-2,11-12,14-15H,3-10H2/t14-/m0/s1. The molecule has 3 rings (SSSR count). The van der Waals surface area contributed by atoms with Gasteiger partial charge < -0.3 is 10.1 Å². The summed E-state index contributed by atoms with van der Waals surface area (Å²) in [6, 6.07) is 5.12. The molecule has 1 aromatic heterocycles. The van der Waals surface area contributed by atoms with Gasteiger partial charge in [0.05, 0.1) is 0 Å². The van der Waals surface area contributed by atoms with Crippen molar-refractivity contribution < 1.29 is 4.74 Å². The predicted octanol–water partition coefficient (Wildman–Crippen LogP) is 2.12. The molecule has 4 heteroatoms. The number of nitrogens with zero attached hydrogens (tertiary/aromatic N) is 1. The van der Waals surface area contributed by atoms with E-state index in [4.69, 9.17) is 4.74 Å². The Kier molecular flexibility index (Phi) is 4.31. The van der Waals surface area contributed by atoms with Crippen molar-refractivity contribution in [2.24, 2.45) is 5.92 Å². The maximum atomic E-state index is 5.53. The summed E-state index contributed by atoms with van der Waals surface area (Å²) < 4.78 is 5.53. The van der Waals surface area contributed by atoms with Gasteiger partial charge in [0.2, 0.25) is 0 Å². The zero-order chi connectivity index (χ0) is 12.2. The Hall–Kier alpha value is -0.420. The van der Waals surface area contributed by atoms with Crippen molar-refractivity contribution in [2.75, 3.05) is 39.4 Å². The summed E-state index contributed by atoms with van der Waals surface area (Å²) in [7, 11) is 0. The first kappa shape index (κ1) is 12.6. The van der Waals surface area contributed by atoms with Crippen molar-refractivity contribution >= 4 is 11.3 Å². The van der Waals surface area contributed by atoms with E-state index >= 15 is 0 Å². The maximum Gasteiger partial charge on any atom is 0.0472 e. The van der Waals surface area contributed by atoms with Crippen LogP contribution in [0.4, 0.5) is 0 Å². The van der Waals surface area contributed by atoms with Crippen LogP contribution in [0.25, 0.3) is 0 Å². The molecule has 0 radical (unpaired) electrons. The van der Waals surface area contributed by atoms with Crippen LogP contribution in [0.1, 0.15) is 23.8 Å². The van der Waals surface area contributed by atoms with E-state index in [9.17, 15) is 0 Å². The summed E-state index contributed by atoms with van der Waals surface area (Å²) in [6.07, 6.45) is 2.43. The van der Waals surface area contributed by atoms with Gasteiger partial charge >= 0.3 is 0 Å². The Morgan fingerprint density at radius 1 is 1.28 bits per heavy atom. The van der Waals surface area contributed by atoms with Crippen LogP contribution >= 0.6 is 11.3 Å². The van der Waals surface area contributed by atoms with Crippen molar-refractivity contribution in [3.05, 3.63) is 22.4 Å². The molecule has 0 bridgehead atoms. The van der Waals surface area contributed by atoms with Crippen molar-refractivity contribution in [3.8, 4) is 0 Å². The molecule has 2 aliphatic rings. The molecule has 1 aromatic rings. The van der Waals surface area contributed by atoms with Crippen molar-refractivity contribution in [1.29, 1.82) is 0 Å². The molecule has 2 aliphatic heterocycles. The maximum absolute atomic E-state index is 5.53. The lowest BCUT2D eigenvalue weighted by molar-refractivity contribution is 0.0223. The molecule has 2 saturated heterocycles. The summed E-state index contributed by atoms with van der Waals surface area (Å²) >= 11 is 1.92. The summed E-state index contributed by atoms with van der Waals surface area (Å²) in [5.74, 6) is 0.774. The SMILES string of the molecule is c1csc([C@H](C2CCOCC2)N2CCNCC2)c1. The number of ether oxygens (including phenoxy) is 1. The monoisotopic (exact) mass is 266 g/mol. The van der Waals surface area contributed by atoms with Gasteiger partial charge in [-0.05, 0) is 30.2 Å². The van der Waals surface area contributed by atoms with E-state index in [2.05, 4.69) is 27.7 Å². The smallest absolute Gasteiger partial charge is 0.0472 e. The van der Waals surface area contributed by atoms with Crippen LogP contribution in [0.5, 0.6) is 0 Å². The molecule has 0 amide bonds. The van der Waals surface area contributed by atoms with Crippen LogP contribution < -0.4 is 5.32 Å². The fourth-order valence-corrected chi connectivity index (χ4v) is 4.11. The molecule has 3 nitrogen and oxygen atoms in total. The average Bonchev–Trinajstić information content (AvgIpc) is 2.95. The second-order valence-electron chi connectivity index (χ2n) is 5.20. The van der Waals surface area contributed by atoms with Gasteiger partial charge in [-0.3, -0.25) is 4.90 Å². The van der Waals surface area contributed by atoms with Gasteiger partial charge in [0.1, 0.15) is 0 Å². The van der Waals surface area contributed by atoms with Gasteiger partial charge in [-0.2, -0.15) is 0 Å². The van der Waals surface area contributed by atoms with Crippen LogP contribution in [0.3, 0.4) is 0 Å². The molecule has 0 aliphatic carbocycles. The number of nitrogens with one attached hydrogen (secondary N) is 1. The third kappa shape index (κ3) is 2.77. The Bertz CT molecular complexity index is 325. The van der Waals surface area contributed by atoms with Crippen LogP contribution in [-0.4, -0.2) is 44.3 Å². The molecular formula is C14H22N2OS. The van der Waals surface area contributed by atoms with Crippen molar-refractivity contribution in [2.45, 2.75) is 18.9 Å². The van der Waals surface area contributed by atoms with Gasteiger partial charge in [0.15, 0.2) is 0 Å². The number of thiophene rings is 1. The summed E-state index contributed by atoms with van der Waals surface area (Å²) in [4.78, 5) is 4.22. The molecule has 2 fully saturated rings. The topological polar surface area (TPSA) is 24.5 Å². The Morgan fingerprint density at radius 2 is 2.06 bits per heavy atom. The number of piperazine rings is 1. The average molecular weight is 266 g/mol. The van der Waals surface area contributed by atoms with Crippen molar-refractivity contribution in [3.63, 3.8) is 0 Å². The van der Waals surface area contributed by atoms with Crippen LogP contribution in [0, 0.1) is 5.92 Å². The molecule has 3 heterocycles. The second-order valence-corrected chi connectivity index (χ2v) is 6.18. The van der Waals surface area contributed by atoms with E-state index in [1.165, 1.54) is 25.9 Å². The van der Waals surface area contributed by atoms with E-state index in [0.29, 0.717) is 6.04 Å². The normalized spacial score (nSPS) is 25.1. The molecule has 1 atom stereocenters. The van der Waals surface area contributed by atoms with E-state index < -0.39 is 0 Å². The van der Waals surface area contributed by atoms with Gasteiger partial charge in [0.25, 0.3) is 0 Å². The molecule has 0 unspecified atom stereocenters. The van der Waals surface area contributed by atoms with Gasteiger partial charge in [0, 0.05) is 50.3 Å². The van der Waals surface area contributed by atoms with E-state index in [1.54, 1.807) is 4.88 Å². The molecular weight excluding hydrogens is 244 g/mol. The van der Waals surface area contributed by atoms with Crippen LogP contribution in [0.2, 0.25) is 0 Å². The highest BCUT2D eigenvalue weighted by Gasteiger charge is 2.31. The second kappa shape index (κ2) is 6.15. The third-order valence-corrected chi connectivity index (χ3v) is 5.04. The molecule has 100 valence electrons. The van der Waals surface area contributed by atoms with Crippen molar-refractivity contribution in [1.82, 2.24) is 10.2 Å². The van der Waals surface area contributed by atoms with E-state index in [0.717, 1.165) is 32.2 Å². The fraction of sp³-hybridized carbons (Fsp3) is 0.714. The fourth-order valence-electron chi connectivity index (χ4n) is 3.16. The molecule has 18 heavy (non-hydrogen) atoms. The van der Waals surface area contributed by atoms with Gasteiger partial charge in [-0.15, -0.1) is 11.3 Å². The third-order valence-electron chi connectivity index (χ3n) is 4.09. The minimum Gasteiger partial charge on any atom is -0.381 e. The Morgan fingerprint density at radius 3 is 2.72 bits per heavy atom. The number of hydrogen-bond acceptors (Lipinski definition) is 4. The van der Waals surface area contributed by atoms with E-state index in [1.807, 2.05) is 11.3 Å². The molecule has 1 N–H and O–H groups in total. The molecule has 0 saturated carbocycles. The highest BCUT2D eigenvalue weighted by molar-refractivity contribution is 7.10. The highest BCUT2D eigenvalue weighted by Crippen LogP contribution is 2.37. The van der Waals surface area contributed by atoms with E-state index in [-0.39, 0.29) is 0 Å². The number of hydrogen-bond donors (Lipinski definition) is 1. The van der Waals surface area contributed by atoms with Crippen LogP contribution in [-0.2, 0) is 4.74 Å². The first-order chi connectivity index (χ1) is 8.95. The van der Waals surface area contributed by atoms with Gasteiger partial charge in [-0.25, -0.2) is 0 Å². The minimum absolute atomic E-state index is 0.621. The predicted molar refractivity (Wildman–Crippen MR) is 75.0 cm³/mol. The lowest BCUT2D eigenvalue weighted by atomic mass is 9.89. The zero-order valence-electron chi connectivity index (χ0n) is 10.8. The lowest BCUT2D eigenvalue weighted by Gasteiger charge is -2.40.